The highest BCUT2D eigenvalue weighted by atomic mass is 32.2. The molecule has 160 valence electrons. The fourth-order valence-electron chi connectivity index (χ4n) is 3.13. The summed E-state index contributed by atoms with van der Waals surface area (Å²) >= 11 is 0. The predicted molar refractivity (Wildman–Crippen MR) is 115 cm³/mol. The van der Waals surface area contributed by atoms with Gasteiger partial charge in [-0.1, -0.05) is 6.07 Å². The quantitative estimate of drug-likeness (QED) is 0.730. The van der Waals surface area contributed by atoms with Crippen molar-refractivity contribution < 1.29 is 22.5 Å². The van der Waals surface area contributed by atoms with Crippen LogP contribution in [0.3, 0.4) is 0 Å². The molecule has 1 N–H and O–H groups in total. The average molecular weight is 430 g/mol. The number of hydrogen-bond acceptors (Lipinski definition) is 6. The van der Waals surface area contributed by atoms with E-state index in [9.17, 15) is 13.2 Å². The van der Waals surface area contributed by atoms with Crippen molar-refractivity contribution in [1.82, 2.24) is 10.3 Å². The van der Waals surface area contributed by atoms with Crippen LogP contribution in [0.2, 0.25) is 0 Å². The van der Waals surface area contributed by atoms with Gasteiger partial charge in [0.15, 0.2) is 9.84 Å². The fourth-order valence-corrected chi connectivity index (χ4v) is 4.13. The van der Waals surface area contributed by atoms with Crippen LogP contribution in [0.5, 0.6) is 0 Å². The van der Waals surface area contributed by atoms with E-state index >= 15 is 0 Å². The van der Waals surface area contributed by atoms with Gasteiger partial charge in [-0.15, -0.1) is 0 Å². The molecule has 1 aliphatic heterocycles. The SMILES string of the molecule is Cc1ccc(C(=O)NCc2cc(B3OC(C)(C)C(C)(C)O3)ccn2)cc1S(C)(=O)=O. The van der Waals surface area contributed by atoms with Gasteiger partial charge in [0.25, 0.3) is 5.91 Å². The van der Waals surface area contributed by atoms with E-state index in [4.69, 9.17) is 9.31 Å². The summed E-state index contributed by atoms with van der Waals surface area (Å²) < 4.78 is 35.9. The topological polar surface area (TPSA) is 94.6 Å². The molecule has 1 aliphatic rings. The zero-order valence-corrected chi connectivity index (χ0v) is 19.0. The van der Waals surface area contributed by atoms with Crippen LogP contribution in [0.4, 0.5) is 0 Å². The maximum Gasteiger partial charge on any atom is 0.494 e. The summed E-state index contributed by atoms with van der Waals surface area (Å²) in [5.41, 5.74) is 1.46. The van der Waals surface area contributed by atoms with E-state index in [0.29, 0.717) is 11.3 Å². The summed E-state index contributed by atoms with van der Waals surface area (Å²) in [6.07, 6.45) is 2.78. The molecule has 1 fully saturated rings. The van der Waals surface area contributed by atoms with Crippen molar-refractivity contribution in [3.05, 3.63) is 53.3 Å². The van der Waals surface area contributed by atoms with E-state index in [1.54, 1.807) is 25.3 Å². The molecule has 0 unspecified atom stereocenters. The third kappa shape index (κ3) is 4.58. The Labute approximate surface area is 178 Å². The molecule has 0 saturated carbocycles. The summed E-state index contributed by atoms with van der Waals surface area (Å²) in [4.78, 5) is 17.0. The Balaban J connectivity index is 1.72. The molecule has 0 radical (unpaired) electrons. The highest BCUT2D eigenvalue weighted by Gasteiger charge is 2.51. The van der Waals surface area contributed by atoms with E-state index < -0.39 is 28.2 Å². The Morgan fingerprint density at radius 2 is 1.73 bits per heavy atom. The van der Waals surface area contributed by atoms with E-state index in [0.717, 1.165) is 11.7 Å². The van der Waals surface area contributed by atoms with Gasteiger partial charge in [0.05, 0.1) is 28.3 Å². The Morgan fingerprint density at radius 3 is 2.33 bits per heavy atom. The minimum Gasteiger partial charge on any atom is -0.399 e. The van der Waals surface area contributed by atoms with Gasteiger partial charge < -0.3 is 14.6 Å². The lowest BCUT2D eigenvalue weighted by atomic mass is 9.79. The Hall–Kier alpha value is -2.23. The molecule has 1 saturated heterocycles. The van der Waals surface area contributed by atoms with Gasteiger partial charge in [-0.3, -0.25) is 9.78 Å². The number of carbonyl (C=O) groups excluding carboxylic acids is 1. The number of carbonyl (C=O) groups is 1. The first-order valence-corrected chi connectivity index (χ1v) is 11.6. The first kappa shape index (κ1) is 22.5. The molecular weight excluding hydrogens is 403 g/mol. The van der Waals surface area contributed by atoms with Gasteiger partial charge in [-0.05, 0) is 69.9 Å². The second-order valence-electron chi connectivity index (χ2n) is 8.60. The van der Waals surface area contributed by atoms with Gasteiger partial charge in [-0.2, -0.15) is 0 Å². The monoisotopic (exact) mass is 430 g/mol. The third-order valence-electron chi connectivity index (χ3n) is 5.65. The van der Waals surface area contributed by atoms with E-state index in [-0.39, 0.29) is 22.9 Å². The minimum absolute atomic E-state index is 0.149. The fraction of sp³-hybridized carbons (Fsp3) is 0.429. The molecular formula is C21H27BN2O5S. The van der Waals surface area contributed by atoms with Gasteiger partial charge in [0.1, 0.15) is 0 Å². The lowest BCUT2D eigenvalue weighted by molar-refractivity contribution is 0.00578. The number of amides is 1. The van der Waals surface area contributed by atoms with Crippen molar-refractivity contribution in [2.24, 2.45) is 0 Å². The van der Waals surface area contributed by atoms with Crippen molar-refractivity contribution in [1.29, 1.82) is 0 Å². The maximum atomic E-state index is 12.5. The Morgan fingerprint density at radius 1 is 1.10 bits per heavy atom. The zero-order chi connectivity index (χ0) is 22.3. The third-order valence-corrected chi connectivity index (χ3v) is 6.88. The van der Waals surface area contributed by atoms with Crippen LogP contribution in [0.25, 0.3) is 0 Å². The number of pyridine rings is 1. The first-order valence-electron chi connectivity index (χ1n) is 9.69. The standard InChI is InChI=1S/C21H27BN2O5S/c1-14-7-8-15(11-18(14)30(6,26)27)19(25)24-13-17-12-16(9-10-23-17)22-28-20(2,3)21(4,5)29-22/h7-12H,13H2,1-6H3,(H,24,25). The highest BCUT2D eigenvalue weighted by Crippen LogP contribution is 2.36. The van der Waals surface area contributed by atoms with Gasteiger partial charge >= 0.3 is 7.12 Å². The number of hydrogen-bond donors (Lipinski definition) is 1. The van der Waals surface area contributed by atoms with Gasteiger partial charge in [-0.25, -0.2) is 8.42 Å². The van der Waals surface area contributed by atoms with Crippen molar-refractivity contribution in [3.63, 3.8) is 0 Å². The summed E-state index contributed by atoms with van der Waals surface area (Å²) in [6, 6.07) is 8.29. The number of nitrogens with zero attached hydrogens (tertiary/aromatic N) is 1. The average Bonchev–Trinajstić information content (AvgIpc) is 2.87. The number of aryl methyl sites for hydroxylation is 1. The second kappa shape index (κ2) is 7.79. The molecule has 1 aromatic carbocycles. The Kier molecular flexibility index (Phi) is 5.83. The molecule has 0 spiro atoms. The highest BCUT2D eigenvalue weighted by molar-refractivity contribution is 7.90. The van der Waals surface area contributed by atoms with E-state index in [2.05, 4.69) is 10.3 Å². The molecule has 0 atom stereocenters. The molecule has 0 aliphatic carbocycles. The van der Waals surface area contributed by atoms with Crippen molar-refractivity contribution in [3.8, 4) is 0 Å². The lowest BCUT2D eigenvalue weighted by Gasteiger charge is -2.32. The summed E-state index contributed by atoms with van der Waals surface area (Å²) in [6.45, 7) is 9.84. The Bertz CT molecular complexity index is 1070. The second-order valence-corrected chi connectivity index (χ2v) is 10.6. The van der Waals surface area contributed by atoms with Crippen LogP contribution in [0, 0.1) is 6.92 Å². The first-order chi connectivity index (χ1) is 13.8. The van der Waals surface area contributed by atoms with Gasteiger partial charge in [0.2, 0.25) is 0 Å². The summed E-state index contributed by atoms with van der Waals surface area (Å²) in [5.74, 6) is -0.372. The predicted octanol–water partition coefficient (Wildman–Crippen LogP) is 2.02. The number of nitrogens with one attached hydrogen (secondary N) is 1. The zero-order valence-electron chi connectivity index (χ0n) is 18.1. The van der Waals surface area contributed by atoms with Gasteiger partial charge in [0, 0.05) is 18.0 Å². The summed E-state index contributed by atoms with van der Waals surface area (Å²) in [7, 11) is -3.92. The molecule has 0 bridgehead atoms. The lowest BCUT2D eigenvalue weighted by Crippen LogP contribution is -2.41. The van der Waals surface area contributed by atoms with Crippen LogP contribution in [0.15, 0.2) is 41.4 Å². The van der Waals surface area contributed by atoms with E-state index in [1.807, 2.05) is 39.8 Å². The van der Waals surface area contributed by atoms with Crippen molar-refractivity contribution in [2.45, 2.75) is 57.3 Å². The number of benzene rings is 1. The molecule has 1 aromatic heterocycles. The summed E-state index contributed by atoms with van der Waals surface area (Å²) in [5, 5.41) is 2.79. The molecule has 30 heavy (non-hydrogen) atoms. The molecule has 9 heteroatoms. The largest absolute Gasteiger partial charge is 0.494 e. The molecule has 3 rings (SSSR count). The smallest absolute Gasteiger partial charge is 0.399 e. The number of rotatable bonds is 5. The van der Waals surface area contributed by atoms with Crippen molar-refractivity contribution >= 4 is 28.3 Å². The van der Waals surface area contributed by atoms with E-state index in [1.165, 1.54) is 6.07 Å². The molecule has 2 heterocycles. The van der Waals surface area contributed by atoms with Crippen LogP contribution in [-0.2, 0) is 25.7 Å². The van der Waals surface area contributed by atoms with Crippen LogP contribution >= 0.6 is 0 Å². The maximum absolute atomic E-state index is 12.5. The molecule has 2 aromatic rings. The van der Waals surface area contributed by atoms with Crippen LogP contribution in [0.1, 0.15) is 49.3 Å². The minimum atomic E-state index is -3.41. The number of aromatic nitrogens is 1. The van der Waals surface area contributed by atoms with Crippen LogP contribution < -0.4 is 10.8 Å². The molecule has 1 amide bonds. The van der Waals surface area contributed by atoms with Crippen molar-refractivity contribution in [2.75, 3.05) is 6.26 Å². The molecule has 7 nitrogen and oxygen atoms in total. The number of sulfone groups is 1. The van der Waals surface area contributed by atoms with Crippen LogP contribution in [-0.4, -0.2) is 43.9 Å². The normalized spacial score (nSPS) is 17.7.